The van der Waals surface area contributed by atoms with Crippen molar-refractivity contribution < 1.29 is 9.90 Å². The lowest BCUT2D eigenvalue weighted by Crippen LogP contribution is -2.14. The molecule has 0 aromatic heterocycles. The largest absolute Gasteiger partial charge is 0.478 e. The van der Waals surface area contributed by atoms with Gasteiger partial charge in [-0.05, 0) is 30.5 Å². The van der Waals surface area contributed by atoms with Crippen LogP contribution in [0.1, 0.15) is 80.6 Å². The minimum absolute atomic E-state index is 0. The first-order valence-electron chi connectivity index (χ1n) is 8.83. The van der Waals surface area contributed by atoms with Crippen molar-refractivity contribution in [3.8, 4) is 0 Å². The molecule has 1 heterocycles. The SMILES string of the molecule is CCCCCCCCCCC1Cc2ccc(C(=O)O)cc2N1.Cl. The number of nitrogens with one attached hydrogen (secondary N) is 1. The summed E-state index contributed by atoms with van der Waals surface area (Å²) in [6.07, 6.45) is 13.0. The maximum absolute atomic E-state index is 11.0. The summed E-state index contributed by atoms with van der Waals surface area (Å²) in [6.45, 7) is 2.26. The van der Waals surface area contributed by atoms with Crippen LogP contribution in [0.5, 0.6) is 0 Å². The van der Waals surface area contributed by atoms with Gasteiger partial charge in [-0.2, -0.15) is 0 Å². The Balaban J connectivity index is 0.00000264. The van der Waals surface area contributed by atoms with Crippen molar-refractivity contribution in [3.05, 3.63) is 29.3 Å². The van der Waals surface area contributed by atoms with E-state index in [4.69, 9.17) is 5.11 Å². The smallest absolute Gasteiger partial charge is 0.335 e. The van der Waals surface area contributed by atoms with E-state index in [9.17, 15) is 4.79 Å². The zero-order valence-corrected chi connectivity index (χ0v) is 15.0. The molecular weight excluding hydrogens is 310 g/mol. The van der Waals surface area contributed by atoms with Crippen molar-refractivity contribution in [1.82, 2.24) is 0 Å². The summed E-state index contributed by atoms with van der Waals surface area (Å²) >= 11 is 0. The van der Waals surface area contributed by atoms with Crippen LogP contribution in [0.3, 0.4) is 0 Å². The lowest BCUT2D eigenvalue weighted by Gasteiger charge is -2.10. The van der Waals surface area contributed by atoms with Gasteiger partial charge in [-0.15, -0.1) is 12.4 Å². The molecule has 3 nitrogen and oxygen atoms in total. The molecule has 2 N–H and O–H groups in total. The van der Waals surface area contributed by atoms with E-state index >= 15 is 0 Å². The first kappa shape index (κ1) is 19.8. The number of halogens is 1. The molecule has 0 saturated carbocycles. The van der Waals surface area contributed by atoms with Crippen molar-refractivity contribution >= 4 is 24.1 Å². The van der Waals surface area contributed by atoms with Crippen LogP contribution in [-0.4, -0.2) is 17.1 Å². The van der Waals surface area contributed by atoms with E-state index in [0.29, 0.717) is 11.6 Å². The highest BCUT2D eigenvalue weighted by Crippen LogP contribution is 2.29. The van der Waals surface area contributed by atoms with Gasteiger partial charge in [-0.1, -0.05) is 64.4 Å². The highest BCUT2D eigenvalue weighted by molar-refractivity contribution is 5.89. The van der Waals surface area contributed by atoms with E-state index in [-0.39, 0.29) is 12.4 Å². The topological polar surface area (TPSA) is 49.3 Å². The second kappa shape index (κ2) is 10.5. The maximum Gasteiger partial charge on any atom is 0.335 e. The van der Waals surface area contributed by atoms with Gasteiger partial charge in [0.1, 0.15) is 0 Å². The predicted molar refractivity (Wildman–Crippen MR) is 99.0 cm³/mol. The van der Waals surface area contributed by atoms with Gasteiger partial charge in [0.2, 0.25) is 0 Å². The van der Waals surface area contributed by atoms with Crippen LogP contribution in [0.4, 0.5) is 5.69 Å². The normalized spacial score (nSPS) is 15.6. The lowest BCUT2D eigenvalue weighted by atomic mass is 10.0. The Morgan fingerprint density at radius 1 is 1.13 bits per heavy atom. The number of fused-ring (bicyclic) bond motifs is 1. The van der Waals surface area contributed by atoms with E-state index in [2.05, 4.69) is 12.2 Å². The number of benzene rings is 1. The van der Waals surface area contributed by atoms with Crippen LogP contribution in [0.25, 0.3) is 0 Å². The fourth-order valence-electron chi connectivity index (χ4n) is 3.26. The van der Waals surface area contributed by atoms with Gasteiger partial charge in [0.05, 0.1) is 5.56 Å². The standard InChI is InChI=1S/C19H29NO2.ClH/c1-2-3-4-5-6-7-8-9-10-17-13-15-11-12-16(19(21)22)14-18(15)20-17;/h11-12,14,17,20H,2-10,13H2,1H3,(H,21,22);1H. The van der Waals surface area contributed by atoms with Crippen molar-refractivity contribution in [2.45, 2.75) is 77.2 Å². The van der Waals surface area contributed by atoms with Gasteiger partial charge in [-0.3, -0.25) is 0 Å². The Labute approximate surface area is 146 Å². The molecule has 0 spiro atoms. The first-order valence-corrected chi connectivity index (χ1v) is 8.83. The Morgan fingerprint density at radius 3 is 2.43 bits per heavy atom. The van der Waals surface area contributed by atoms with Gasteiger partial charge in [0.25, 0.3) is 0 Å². The maximum atomic E-state index is 11.0. The van der Waals surface area contributed by atoms with E-state index in [1.54, 1.807) is 12.1 Å². The fourth-order valence-corrected chi connectivity index (χ4v) is 3.26. The molecule has 0 saturated heterocycles. The third kappa shape index (κ3) is 6.42. The van der Waals surface area contributed by atoms with E-state index in [1.807, 2.05) is 6.07 Å². The number of anilines is 1. The molecule has 130 valence electrons. The summed E-state index contributed by atoms with van der Waals surface area (Å²) in [7, 11) is 0. The molecule has 1 aromatic carbocycles. The number of hydrogen-bond donors (Lipinski definition) is 2. The van der Waals surface area contributed by atoms with E-state index < -0.39 is 5.97 Å². The molecule has 1 unspecified atom stereocenters. The summed E-state index contributed by atoms with van der Waals surface area (Å²) in [6, 6.07) is 5.92. The van der Waals surface area contributed by atoms with Crippen LogP contribution in [-0.2, 0) is 6.42 Å². The summed E-state index contributed by atoms with van der Waals surface area (Å²) in [5.74, 6) is -0.851. The second-order valence-corrected chi connectivity index (χ2v) is 6.49. The van der Waals surface area contributed by atoms with E-state index in [0.717, 1.165) is 12.1 Å². The molecule has 0 amide bonds. The molecule has 0 bridgehead atoms. The van der Waals surface area contributed by atoms with Crippen LogP contribution < -0.4 is 5.32 Å². The number of aromatic carboxylic acids is 1. The van der Waals surface area contributed by atoms with Crippen LogP contribution in [0.15, 0.2) is 18.2 Å². The minimum Gasteiger partial charge on any atom is -0.478 e. The van der Waals surface area contributed by atoms with Crippen LogP contribution in [0.2, 0.25) is 0 Å². The molecule has 1 atom stereocenters. The zero-order valence-electron chi connectivity index (χ0n) is 14.1. The number of carboxylic acid groups (broad SMARTS) is 1. The molecule has 1 aliphatic rings. The Kier molecular flexibility index (Phi) is 9.08. The summed E-state index contributed by atoms with van der Waals surface area (Å²) < 4.78 is 0. The highest BCUT2D eigenvalue weighted by Gasteiger charge is 2.21. The number of carboxylic acids is 1. The molecule has 0 radical (unpaired) electrons. The van der Waals surface area contributed by atoms with Gasteiger partial charge in [0, 0.05) is 11.7 Å². The minimum atomic E-state index is -0.851. The number of rotatable bonds is 10. The Morgan fingerprint density at radius 2 is 1.78 bits per heavy atom. The van der Waals surface area contributed by atoms with E-state index in [1.165, 1.54) is 63.4 Å². The van der Waals surface area contributed by atoms with Crippen molar-refractivity contribution in [1.29, 1.82) is 0 Å². The summed E-state index contributed by atoms with van der Waals surface area (Å²) in [5.41, 5.74) is 2.65. The van der Waals surface area contributed by atoms with Gasteiger partial charge in [-0.25, -0.2) is 4.79 Å². The molecule has 4 heteroatoms. The van der Waals surface area contributed by atoms with Gasteiger partial charge >= 0.3 is 5.97 Å². The quantitative estimate of drug-likeness (QED) is 0.539. The molecule has 2 rings (SSSR count). The van der Waals surface area contributed by atoms with Crippen molar-refractivity contribution in [2.24, 2.45) is 0 Å². The summed E-state index contributed by atoms with van der Waals surface area (Å²) in [4.78, 5) is 11.0. The number of unbranched alkanes of at least 4 members (excludes halogenated alkanes) is 7. The lowest BCUT2D eigenvalue weighted by molar-refractivity contribution is 0.0697. The Hall–Kier alpha value is -1.22. The molecule has 1 aliphatic heterocycles. The summed E-state index contributed by atoms with van der Waals surface area (Å²) in [5, 5.41) is 12.5. The molecule has 0 fully saturated rings. The predicted octanol–water partition coefficient (Wildman–Crippen LogP) is 5.67. The monoisotopic (exact) mass is 339 g/mol. The van der Waals surface area contributed by atoms with Gasteiger partial charge < -0.3 is 10.4 Å². The molecular formula is C19H30ClNO2. The molecule has 23 heavy (non-hydrogen) atoms. The third-order valence-corrected chi connectivity index (χ3v) is 4.59. The zero-order chi connectivity index (χ0) is 15.8. The highest BCUT2D eigenvalue weighted by atomic mass is 35.5. The van der Waals surface area contributed by atoms with Crippen molar-refractivity contribution in [3.63, 3.8) is 0 Å². The average molecular weight is 340 g/mol. The second-order valence-electron chi connectivity index (χ2n) is 6.49. The Bertz CT molecular complexity index is 490. The van der Waals surface area contributed by atoms with Crippen LogP contribution >= 0.6 is 12.4 Å². The fraction of sp³-hybridized carbons (Fsp3) is 0.632. The van der Waals surface area contributed by atoms with Crippen molar-refractivity contribution in [2.75, 3.05) is 5.32 Å². The van der Waals surface area contributed by atoms with Gasteiger partial charge in [0.15, 0.2) is 0 Å². The molecule has 1 aromatic rings. The average Bonchev–Trinajstić information content (AvgIpc) is 2.91. The number of hydrogen-bond acceptors (Lipinski definition) is 2. The number of carbonyl (C=O) groups is 1. The van der Waals surface area contributed by atoms with Crippen LogP contribution in [0, 0.1) is 0 Å². The first-order chi connectivity index (χ1) is 10.7. The molecule has 0 aliphatic carbocycles. The third-order valence-electron chi connectivity index (χ3n) is 4.59.